The van der Waals surface area contributed by atoms with Gasteiger partial charge in [0.2, 0.25) is 5.91 Å². The van der Waals surface area contributed by atoms with Gasteiger partial charge in [0, 0.05) is 36.4 Å². The van der Waals surface area contributed by atoms with E-state index in [4.69, 9.17) is 9.26 Å². The van der Waals surface area contributed by atoms with E-state index in [0.717, 1.165) is 31.7 Å². The Morgan fingerprint density at radius 3 is 2.41 bits per heavy atom. The number of carbonyl (C=O) groups is 2. The van der Waals surface area contributed by atoms with E-state index in [1.54, 1.807) is 30.3 Å². The van der Waals surface area contributed by atoms with Crippen molar-refractivity contribution in [1.82, 2.24) is 10.1 Å². The minimum atomic E-state index is -0.310. The first-order valence-corrected chi connectivity index (χ1v) is 9.15. The molecule has 0 atom stereocenters. The van der Waals surface area contributed by atoms with E-state index in [1.165, 1.54) is 0 Å². The number of aromatic nitrogens is 1. The summed E-state index contributed by atoms with van der Waals surface area (Å²) in [6, 6.07) is 8.69. The number of rotatable bonds is 6. The van der Waals surface area contributed by atoms with Crippen molar-refractivity contribution in [3.05, 3.63) is 41.8 Å². The number of nitrogens with zero attached hydrogens (tertiary/aromatic N) is 2. The molecule has 1 aliphatic heterocycles. The molecule has 27 heavy (non-hydrogen) atoms. The second-order valence-electron chi connectivity index (χ2n) is 6.86. The van der Waals surface area contributed by atoms with Gasteiger partial charge in [-0.25, -0.2) is 0 Å². The maximum Gasteiger partial charge on any atom is 0.277 e. The van der Waals surface area contributed by atoms with Crippen LogP contribution in [0.25, 0.3) is 0 Å². The van der Waals surface area contributed by atoms with Crippen molar-refractivity contribution in [2.45, 2.75) is 18.8 Å². The quantitative estimate of drug-likeness (QED) is 0.808. The molecular formula is C19H22N4O4. The first kappa shape index (κ1) is 17.7. The molecular weight excluding hydrogens is 348 g/mol. The number of benzene rings is 1. The van der Waals surface area contributed by atoms with Gasteiger partial charge in [-0.3, -0.25) is 14.5 Å². The smallest absolute Gasteiger partial charge is 0.277 e. The molecule has 8 nitrogen and oxygen atoms in total. The summed E-state index contributed by atoms with van der Waals surface area (Å²) in [6.07, 6.45) is 2.18. The largest absolute Gasteiger partial charge is 0.379 e. The van der Waals surface area contributed by atoms with Crippen LogP contribution in [0.3, 0.4) is 0 Å². The van der Waals surface area contributed by atoms with Crippen molar-refractivity contribution in [3.63, 3.8) is 0 Å². The fourth-order valence-electron chi connectivity index (χ4n) is 2.95. The van der Waals surface area contributed by atoms with E-state index in [9.17, 15) is 9.59 Å². The predicted octanol–water partition coefficient (Wildman–Crippen LogP) is 2.07. The Balaban J connectivity index is 1.28. The molecule has 0 spiro atoms. The van der Waals surface area contributed by atoms with Crippen molar-refractivity contribution in [2.24, 2.45) is 0 Å². The highest BCUT2D eigenvalue weighted by Gasteiger charge is 2.28. The molecule has 1 aromatic heterocycles. The molecule has 2 aromatic rings. The molecule has 142 valence electrons. The standard InChI is InChI=1S/C19H22N4O4/c24-18(12-23-7-9-26-10-8-23)20-14-3-5-15(6-4-14)21-19(25)16-11-17(27-22-16)13-1-2-13/h3-6,11,13H,1-2,7-10,12H2,(H,20,24)(H,21,25). The maximum atomic E-state index is 12.2. The highest BCUT2D eigenvalue weighted by atomic mass is 16.5. The summed E-state index contributed by atoms with van der Waals surface area (Å²) in [5.41, 5.74) is 1.59. The maximum absolute atomic E-state index is 12.2. The highest BCUT2D eigenvalue weighted by molar-refractivity contribution is 6.03. The minimum absolute atomic E-state index is 0.0658. The van der Waals surface area contributed by atoms with Crippen LogP contribution in [0.2, 0.25) is 0 Å². The lowest BCUT2D eigenvalue weighted by Gasteiger charge is -2.25. The third-order valence-electron chi connectivity index (χ3n) is 4.64. The average Bonchev–Trinajstić information content (AvgIpc) is 3.40. The number of morpholine rings is 1. The Kier molecular flexibility index (Phi) is 5.17. The molecule has 4 rings (SSSR count). The third-order valence-corrected chi connectivity index (χ3v) is 4.64. The Bertz CT molecular complexity index is 807. The van der Waals surface area contributed by atoms with Crippen molar-refractivity contribution < 1.29 is 18.8 Å². The molecule has 0 unspecified atom stereocenters. The van der Waals surface area contributed by atoms with Crippen LogP contribution < -0.4 is 10.6 Å². The van der Waals surface area contributed by atoms with E-state index in [-0.39, 0.29) is 17.5 Å². The van der Waals surface area contributed by atoms with Crippen molar-refractivity contribution in [2.75, 3.05) is 43.5 Å². The summed E-state index contributed by atoms with van der Waals surface area (Å²) in [6.45, 7) is 3.20. The zero-order chi connectivity index (χ0) is 18.6. The van der Waals surface area contributed by atoms with Crippen LogP contribution in [0, 0.1) is 0 Å². The Labute approximate surface area is 156 Å². The molecule has 0 bridgehead atoms. The molecule has 1 aliphatic carbocycles. The topological polar surface area (TPSA) is 96.7 Å². The zero-order valence-electron chi connectivity index (χ0n) is 14.9. The average molecular weight is 370 g/mol. The van der Waals surface area contributed by atoms with Crippen LogP contribution >= 0.6 is 0 Å². The predicted molar refractivity (Wildman–Crippen MR) is 98.8 cm³/mol. The van der Waals surface area contributed by atoms with E-state index < -0.39 is 0 Å². The summed E-state index contributed by atoms with van der Waals surface area (Å²) < 4.78 is 10.5. The van der Waals surface area contributed by atoms with E-state index in [2.05, 4.69) is 20.7 Å². The molecule has 2 N–H and O–H groups in total. The summed E-state index contributed by atoms with van der Waals surface area (Å²) in [5, 5.41) is 9.47. The van der Waals surface area contributed by atoms with Gasteiger partial charge in [-0.15, -0.1) is 0 Å². The lowest BCUT2D eigenvalue weighted by Crippen LogP contribution is -2.41. The van der Waals surface area contributed by atoms with Gasteiger partial charge in [-0.1, -0.05) is 5.16 Å². The van der Waals surface area contributed by atoms with Gasteiger partial charge in [-0.2, -0.15) is 0 Å². The van der Waals surface area contributed by atoms with Gasteiger partial charge >= 0.3 is 0 Å². The number of amides is 2. The van der Waals surface area contributed by atoms with Crippen LogP contribution in [0.1, 0.15) is 35.0 Å². The zero-order valence-corrected chi connectivity index (χ0v) is 14.9. The fourth-order valence-corrected chi connectivity index (χ4v) is 2.95. The van der Waals surface area contributed by atoms with Crippen molar-refractivity contribution in [1.29, 1.82) is 0 Å². The van der Waals surface area contributed by atoms with Gasteiger partial charge < -0.3 is 19.9 Å². The van der Waals surface area contributed by atoms with Crippen molar-refractivity contribution >= 4 is 23.2 Å². The van der Waals surface area contributed by atoms with Crippen LogP contribution in [0.5, 0.6) is 0 Å². The van der Waals surface area contributed by atoms with Crippen molar-refractivity contribution in [3.8, 4) is 0 Å². The first-order valence-electron chi connectivity index (χ1n) is 9.15. The molecule has 1 aromatic carbocycles. The number of anilines is 2. The van der Waals surface area contributed by atoms with Crippen LogP contribution in [0.4, 0.5) is 11.4 Å². The lowest BCUT2D eigenvalue weighted by molar-refractivity contribution is -0.118. The van der Waals surface area contributed by atoms with E-state index in [0.29, 0.717) is 37.1 Å². The van der Waals surface area contributed by atoms with Gasteiger partial charge in [0.05, 0.1) is 19.8 Å². The molecule has 2 heterocycles. The highest BCUT2D eigenvalue weighted by Crippen LogP contribution is 2.40. The summed E-state index contributed by atoms with van der Waals surface area (Å²) >= 11 is 0. The summed E-state index contributed by atoms with van der Waals surface area (Å²) in [4.78, 5) is 26.4. The molecule has 1 saturated carbocycles. The molecule has 2 fully saturated rings. The molecule has 8 heteroatoms. The Morgan fingerprint density at radius 2 is 1.74 bits per heavy atom. The first-order chi connectivity index (χ1) is 13.2. The van der Waals surface area contributed by atoms with Crippen LogP contribution in [-0.2, 0) is 9.53 Å². The second kappa shape index (κ2) is 7.89. The Morgan fingerprint density at radius 1 is 1.07 bits per heavy atom. The van der Waals surface area contributed by atoms with E-state index in [1.807, 2.05) is 0 Å². The SMILES string of the molecule is O=C(CN1CCOCC1)Nc1ccc(NC(=O)c2cc(C3CC3)on2)cc1. The number of nitrogens with one attached hydrogen (secondary N) is 2. The van der Waals surface area contributed by atoms with Gasteiger partial charge in [0.15, 0.2) is 5.69 Å². The van der Waals surface area contributed by atoms with Gasteiger partial charge in [-0.05, 0) is 37.1 Å². The van der Waals surface area contributed by atoms with Crippen LogP contribution in [-0.4, -0.2) is 54.7 Å². The van der Waals surface area contributed by atoms with Crippen LogP contribution in [0.15, 0.2) is 34.9 Å². The molecule has 1 saturated heterocycles. The molecule has 0 radical (unpaired) electrons. The Hall–Kier alpha value is -2.71. The number of carbonyl (C=O) groups excluding carboxylic acids is 2. The van der Waals surface area contributed by atoms with Gasteiger partial charge in [0.25, 0.3) is 5.91 Å². The normalized spacial score (nSPS) is 17.5. The number of ether oxygens (including phenoxy) is 1. The van der Waals surface area contributed by atoms with Gasteiger partial charge in [0.1, 0.15) is 5.76 Å². The monoisotopic (exact) mass is 370 g/mol. The van der Waals surface area contributed by atoms with E-state index >= 15 is 0 Å². The fraction of sp³-hybridized carbons (Fsp3) is 0.421. The molecule has 2 aliphatic rings. The third kappa shape index (κ3) is 4.72. The summed E-state index contributed by atoms with van der Waals surface area (Å²) in [7, 11) is 0. The molecule has 2 amide bonds. The second-order valence-corrected chi connectivity index (χ2v) is 6.86. The minimum Gasteiger partial charge on any atom is -0.379 e. The number of hydrogen-bond acceptors (Lipinski definition) is 6. The number of hydrogen-bond donors (Lipinski definition) is 2. The summed E-state index contributed by atoms with van der Waals surface area (Å²) in [5.74, 6) is 0.816. The lowest BCUT2D eigenvalue weighted by atomic mass is 10.2.